The van der Waals surface area contributed by atoms with Gasteiger partial charge in [-0.15, -0.1) is 0 Å². The van der Waals surface area contributed by atoms with Crippen LogP contribution in [0.15, 0.2) is 0 Å². The third-order valence-electron chi connectivity index (χ3n) is 3.08. The minimum absolute atomic E-state index is 0.0972. The average Bonchev–Trinajstić information content (AvgIpc) is 2.65. The van der Waals surface area contributed by atoms with Gasteiger partial charge >= 0.3 is 0 Å². The number of unbranched alkanes of at least 4 members (excludes halogenated alkanes) is 1. The van der Waals surface area contributed by atoms with Crippen LogP contribution in [0.3, 0.4) is 0 Å². The highest BCUT2D eigenvalue weighted by molar-refractivity contribution is 5.77. The van der Waals surface area contributed by atoms with Gasteiger partial charge in [0.2, 0.25) is 5.91 Å². The molecular formula is C12H24N2O2. The lowest BCUT2D eigenvalue weighted by atomic mass is 10.0. The standard InChI is InChI=1S/C12H24N2O2/c1-3-4-6-14-12(15)9-13-8-11-5-7-16-10(11)2/h10-11,13H,3-9H2,1-2H3,(H,14,15). The summed E-state index contributed by atoms with van der Waals surface area (Å²) in [7, 11) is 0. The van der Waals surface area contributed by atoms with Gasteiger partial charge in [0.1, 0.15) is 0 Å². The Hall–Kier alpha value is -0.610. The zero-order valence-corrected chi connectivity index (χ0v) is 10.4. The van der Waals surface area contributed by atoms with Crippen molar-refractivity contribution < 1.29 is 9.53 Å². The molecule has 1 rings (SSSR count). The maximum Gasteiger partial charge on any atom is 0.233 e. The van der Waals surface area contributed by atoms with Crippen LogP contribution in [0.5, 0.6) is 0 Å². The van der Waals surface area contributed by atoms with Crippen molar-refractivity contribution in [2.75, 3.05) is 26.2 Å². The van der Waals surface area contributed by atoms with Crippen LogP contribution >= 0.6 is 0 Å². The van der Waals surface area contributed by atoms with Gasteiger partial charge in [-0.05, 0) is 25.7 Å². The van der Waals surface area contributed by atoms with Gasteiger partial charge in [-0.2, -0.15) is 0 Å². The van der Waals surface area contributed by atoms with Crippen molar-refractivity contribution in [1.29, 1.82) is 0 Å². The molecule has 0 aromatic carbocycles. The van der Waals surface area contributed by atoms with E-state index in [1.807, 2.05) is 0 Å². The number of carbonyl (C=O) groups is 1. The maximum absolute atomic E-state index is 11.4. The topological polar surface area (TPSA) is 50.4 Å². The van der Waals surface area contributed by atoms with E-state index < -0.39 is 0 Å². The zero-order chi connectivity index (χ0) is 11.8. The van der Waals surface area contributed by atoms with Gasteiger partial charge in [0, 0.05) is 19.7 Å². The molecule has 0 radical (unpaired) electrons. The van der Waals surface area contributed by atoms with Crippen LogP contribution in [0.25, 0.3) is 0 Å². The molecule has 1 saturated heterocycles. The van der Waals surface area contributed by atoms with Gasteiger partial charge < -0.3 is 15.4 Å². The van der Waals surface area contributed by atoms with Crippen molar-refractivity contribution in [2.45, 2.75) is 39.2 Å². The van der Waals surface area contributed by atoms with Crippen molar-refractivity contribution in [2.24, 2.45) is 5.92 Å². The van der Waals surface area contributed by atoms with Gasteiger partial charge in [0.05, 0.1) is 12.6 Å². The van der Waals surface area contributed by atoms with E-state index in [0.717, 1.165) is 39.0 Å². The zero-order valence-electron chi connectivity index (χ0n) is 10.4. The first-order valence-corrected chi connectivity index (χ1v) is 6.33. The molecule has 2 atom stereocenters. The first-order chi connectivity index (χ1) is 7.74. The van der Waals surface area contributed by atoms with E-state index in [1.165, 1.54) is 0 Å². The van der Waals surface area contributed by atoms with Crippen molar-refractivity contribution in [3.63, 3.8) is 0 Å². The molecule has 94 valence electrons. The minimum Gasteiger partial charge on any atom is -0.378 e. The van der Waals surface area contributed by atoms with Crippen LogP contribution in [0.2, 0.25) is 0 Å². The molecule has 0 spiro atoms. The maximum atomic E-state index is 11.4. The summed E-state index contributed by atoms with van der Waals surface area (Å²) >= 11 is 0. The first-order valence-electron chi connectivity index (χ1n) is 6.33. The predicted molar refractivity (Wildman–Crippen MR) is 64.3 cm³/mol. The number of rotatable bonds is 7. The molecule has 1 fully saturated rings. The molecule has 4 heteroatoms. The van der Waals surface area contributed by atoms with Crippen LogP contribution in [0.1, 0.15) is 33.1 Å². The van der Waals surface area contributed by atoms with E-state index in [4.69, 9.17) is 4.74 Å². The summed E-state index contributed by atoms with van der Waals surface area (Å²) in [5.41, 5.74) is 0. The molecule has 4 nitrogen and oxygen atoms in total. The van der Waals surface area contributed by atoms with Crippen molar-refractivity contribution in [3.8, 4) is 0 Å². The molecule has 0 aromatic heterocycles. The number of hydrogen-bond donors (Lipinski definition) is 2. The van der Waals surface area contributed by atoms with E-state index >= 15 is 0 Å². The Bertz CT molecular complexity index is 209. The fraction of sp³-hybridized carbons (Fsp3) is 0.917. The Labute approximate surface area is 98.1 Å². The molecule has 2 N–H and O–H groups in total. The molecule has 1 heterocycles. The van der Waals surface area contributed by atoms with E-state index in [1.54, 1.807) is 0 Å². The molecule has 0 saturated carbocycles. The Morgan fingerprint density at radius 3 is 2.94 bits per heavy atom. The highest BCUT2D eigenvalue weighted by atomic mass is 16.5. The molecule has 0 bridgehead atoms. The Balaban J connectivity index is 1.99. The third-order valence-corrected chi connectivity index (χ3v) is 3.08. The van der Waals surface area contributed by atoms with Crippen molar-refractivity contribution in [3.05, 3.63) is 0 Å². The number of amides is 1. The fourth-order valence-corrected chi connectivity index (χ4v) is 1.88. The largest absolute Gasteiger partial charge is 0.378 e. The van der Waals surface area contributed by atoms with Crippen LogP contribution in [-0.2, 0) is 9.53 Å². The quantitative estimate of drug-likeness (QED) is 0.637. The molecule has 0 aromatic rings. The van der Waals surface area contributed by atoms with E-state index in [9.17, 15) is 4.79 Å². The second-order valence-corrected chi connectivity index (χ2v) is 4.46. The summed E-state index contributed by atoms with van der Waals surface area (Å²) < 4.78 is 5.46. The van der Waals surface area contributed by atoms with E-state index in [-0.39, 0.29) is 5.91 Å². The number of ether oxygens (including phenoxy) is 1. The highest BCUT2D eigenvalue weighted by Gasteiger charge is 2.23. The van der Waals surface area contributed by atoms with Crippen LogP contribution in [0, 0.1) is 5.92 Å². The van der Waals surface area contributed by atoms with Crippen molar-refractivity contribution in [1.82, 2.24) is 10.6 Å². The molecule has 1 amide bonds. The molecule has 1 aliphatic rings. The van der Waals surface area contributed by atoms with Crippen LogP contribution < -0.4 is 10.6 Å². The van der Waals surface area contributed by atoms with Gasteiger partial charge in [0.25, 0.3) is 0 Å². The summed E-state index contributed by atoms with van der Waals surface area (Å²) in [5, 5.41) is 6.08. The van der Waals surface area contributed by atoms with E-state index in [2.05, 4.69) is 24.5 Å². The molecule has 2 unspecified atom stereocenters. The summed E-state index contributed by atoms with van der Waals surface area (Å²) in [6.45, 7) is 7.16. The van der Waals surface area contributed by atoms with Crippen LogP contribution in [0.4, 0.5) is 0 Å². The summed E-state index contributed by atoms with van der Waals surface area (Å²) in [5.74, 6) is 0.656. The van der Waals surface area contributed by atoms with Gasteiger partial charge in [0.15, 0.2) is 0 Å². The van der Waals surface area contributed by atoms with E-state index in [0.29, 0.717) is 18.6 Å². The monoisotopic (exact) mass is 228 g/mol. The second kappa shape index (κ2) is 7.63. The van der Waals surface area contributed by atoms with Gasteiger partial charge in [-0.1, -0.05) is 13.3 Å². The summed E-state index contributed by atoms with van der Waals surface area (Å²) in [4.78, 5) is 11.4. The van der Waals surface area contributed by atoms with Gasteiger partial charge in [-0.3, -0.25) is 4.79 Å². The number of carbonyl (C=O) groups excluding carboxylic acids is 1. The Morgan fingerprint density at radius 2 is 2.31 bits per heavy atom. The predicted octanol–water partition coefficient (Wildman–Crippen LogP) is 0.917. The van der Waals surface area contributed by atoms with Crippen molar-refractivity contribution >= 4 is 5.91 Å². The summed E-state index contributed by atoms with van der Waals surface area (Å²) in [6.07, 6.45) is 3.60. The average molecular weight is 228 g/mol. The minimum atomic E-state index is 0.0972. The molecular weight excluding hydrogens is 204 g/mol. The Kier molecular flexibility index (Phi) is 6.42. The Morgan fingerprint density at radius 1 is 1.50 bits per heavy atom. The van der Waals surface area contributed by atoms with Crippen LogP contribution in [-0.4, -0.2) is 38.3 Å². The molecule has 1 aliphatic heterocycles. The third kappa shape index (κ3) is 4.94. The lowest BCUT2D eigenvalue weighted by molar-refractivity contribution is -0.120. The molecule has 16 heavy (non-hydrogen) atoms. The number of hydrogen-bond acceptors (Lipinski definition) is 3. The second-order valence-electron chi connectivity index (χ2n) is 4.46. The summed E-state index contributed by atoms with van der Waals surface area (Å²) in [6, 6.07) is 0. The number of nitrogens with one attached hydrogen (secondary N) is 2. The smallest absolute Gasteiger partial charge is 0.233 e. The molecule has 0 aliphatic carbocycles. The fourth-order valence-electron chi connectivity index (χ4n) is 1.88. The highest BCUT2D eigenvalue weighted by Crippen LogP contribution is 2.18. The first kappa shape index (κ1) is 13.5. The van der Waals surface area contributed by atoms with Gasteiger partial charge in [-0.25, -0.2) is 0 Å². The lowest BCUT2D eigenvalue weighted by Gasteiger charge is -2.14. The lowest BCUT2D eigenvalue weighted by Crippen LogP contribution is -2.37. The SMILES string of the molecule is CCCCNC(=O)CNCC1CCOC1C. The normalized spacial score (nSPS) is 24.6.